The molecule has 0 radical (unpaired) electrons. The van der Waals surface area contributed by atoms with Gasteiger partial charge in [-0.05, 0) is 56.3 Å². The molecule has 1 aliphatic heterocycles. The van der Waals surface area contributed by atoms with Crippen molar-refractivity contribution in [1.82, 2.24) is 10.6 Å². The first-order valence-corrected chi connectivity index (χ1v) is 7.97. The van der Waals surface area contributed by atoms with Crippen LogP contribution in [0.3, 0.4) is 0 Å². The van der Waals surface area contributed by atoms with Crippen molar-refractivity contribution in [3.8, 4) is 0 Å². The number of hydrogen-bond donors (Lipinski definition) is 3. The van der Waals surface area contributed by atoms with E-state index in [4.69, 9.17) is 5.73 Å². The van der Waals surface area contributed by atoms with Gasteiger partial charge in [-0.25, -0.2) is 0 Å². The van der Waals surface area contributed by atoms with Crippen LogP contribution in [-0.2, 0) is 11.3 Å². The highest BCUT2D eigenvalue weighted by Crippen LogP contribution is 2.17. The maximum Gasteiger partial charge on any atom is 0.220 e. The van der Waals surface area contributed by atoms with Crippen molar-refractivity contribution in [2.75, 3.05) is 13.1 Å². The van der Waals surface area contributed by atoms with Crippen molar-refractivity contribution >= 4 is 5.91 Å². The SMILES string of the molecule is CC(N)c1ccc(CNC(=O)CCC2CCNCC2)cc1. The minimum Gasteiger partial charge on any atom is -0.352 e. The number of benzene rings is 1. The maximum absolute atomic E-state index is 11.9. The van der Waals surface area contributed by atoms with Gasteiger partial charge in [-0.1, -0.05) is 24.3 Å². The molecule has 1 aromatic carbocycles. The zero-order valence-corrected chi connectivity index (χ0v) is 12.9. The first kappa shape index (κ1) is 16.0. The Kier molecular flexibility index (Phi) is 6.21. The molecule has 1 heterocycles. The first-order valence-electron chi connectivity index (χ1n) is 7.97. The molecule has 1 aliphatic rings. The second-order valence-electron chi connectivity index (χ2n) is 6.04. The molecule has 0 saturated carbocycles. The van der Waals surface area contributed by atoms with Gasteiger partial charge in [0, 0.05) is 19.0 Å². The van der Waals surface area contributed by atoms with Crippen molar-refractivity contribution in [2.24, 2.45) is 11.7 Å². The number of amides is 1. The Morgan fingerprint density at radius 1 is 1.33 bits per heavy atom. The van der Waals surface area contributed by atoms with Crippen LogP contribution in [0.1, 0.15) is 49.8 Å². The standard InChI is InChI=1S/C17H27N3O/c1-13(18)16-5-2-15(3-6-16)12-20-17(21)7-4-14-8-10-19-11-9-14/h2-3,5-6,13-14,19H,4,7-12,18H2,1H3,(H,20,21). The Balaban J connectivity index is 1.68. The van der Waals surface area contributed by atoms with Crippen molar-refractivity contribution in [3.63, 3.8) is 0 Å². The Bertz CT molecular complexity index is 436. The fourth-order valence-corrected chi connectivity index (χ4v) is 2.73. The molecule has 1 atom stereocenters. The van der Waals surface area contributed by atoms with E-state index in [1.807, 2.05) is 31.2 Å². The van der Waals surface area contributed by atoms with Crippen LogP contribution in [-0.4, -0.2) is 19.0 Å². The highest BCUT2D eigenvalue weighted by Gasteiger charge is 2.14. The molecule has 1 fully saturated rings. The molecule has 1 amide bonds. The monoisotopic (exact) mass is 289 g/mol. The van der Waals surface area contributed by atoms with Gasteiger partial charge in [0.2, 0.25) is 5.91 Å². The van der Waals surface area contributed by atoms with Crippen LogP contribution < -0.4 is 16.4 Å². The Morgan fingerprint density at radius 3 is 2.62 bits per heavy atom. The third-order valence-corrected chi connectivity index (χ3v) is 4.23. The number of carbonyl (C=O) groups is 1. The largest absolute Gasteiger partial charge is 0.352 e. The van der Waals surface area contributed by atoms with Gasteiger partial charge in [-0.15, -0.1) is 0 Å². The number of piperidine rings is 1. The van der Waals surface area contributed by atoms with E-state index < -0.39 is 0 Å². The van der Waals surface area contributed by atoms with Gasteiger partial charge in [0.25, 0.3) is 0 Å². The normalized spacial score (nSPS) is 17.4. The number of rotatable bonds is 6. The molecule has 4 N–H and O–H groups in total. The number of nitrogens with one attached hydrogen (secondary N) is 2. The van der Waals surface area contributed by atoms with Crippen molar-refractivity contribution in [1.29, 1.82) is 0 Å². The van der Waals surface area contributed by atoms with Crippen molar-refractivity contribution in [3.05, 3.63) is 35.4 Å². The lowest BCUT2D eigenvalue weighted by atomic mass is 9.93. The van der Waals surface area contributed by atoms with Crippen LogP contribution in [0.2, 0.25) is 0 Å². The average Bonchev–Trinajstić information content (AvgIpc) is 2.52. The van der Waals surface area contributed by atoms with E-state index in [1.54, 1.807) is 0 Å². The summed E-state index contributed by atoms with van der Waals surface area (Å²) in [6.07, 6.45) is 4.05. The van der Waals surface area contributed by atoms with E-state index in [-0.39, 0.29) is 11.9 Å². The molecule has 0 aliphatic carbocycles. The van der Waals surface area contributed by atoms with E-state index in [0.717, 1.165) is 30.6 Å². The van der Waals surface area contributed by atoms with E-state index >= 15 is 0 Å². The zero-order valence-electron chi connectivity index (χ0n) is 12.9. The van der Waals surface area contributed by atoms with Crippen LogP contribution in [0, 0.1) is 5.92 Å². The van der Waals surface area contributed by atoms with Crippen molar-refractivity contribution in [2.45, 2.75) is 45.2 Å². The third kappa shape index (κ3) is 5.48. The van der Waals surface area contributed by atoms with Gasteiger partial charge in [0.15, 0.2) is 0 Å². The molecular weight excluding hydrogens is 262 g/mol. The smallest absolute Gasteiger partial charge is 0.220 e. The molecule has 0 aromatic heterocycles. The van der Waals surface area contributed by atoms with E-state index in [1.165, 1.54) is 12.8 Å². The summed E-state index contributed by atoms with van der Waals surface area (Å²) in [4.78, 5) is 11.9. The topological polar surface area (TPSA) is 67.1 Å². The molecule has 4 nitrogen and oxygen atoms in total. The molecule has 1 unspecified atom stereocenters. The minimum atomic E-state index is 0.0543. The van der Waals surface area contributed by atoms with Crippen LogP contribution in [0.15, 0.2) is 24.3 Å². The average molecular weight is 289 g/mol. The van der Waals surface area contributed by atoms with Gasteiger partial charge >= 0.3 is 0 Å². The Morgan fingerprint density at radius 2 is 2.00 bits per heavy atom. The Labute approximate surface area is 127 Å². The molecule has 0 bridgehead atoms. The summed E-state index contributed by atoms with van der Waals surface area (Å²) in [5.74, 6) is 0.868. The second-order valence-corrected chi connectivity index (χ2v) is 6.04. The maximum atomic E-state index is 11.9. The van der Waals surface area contributed by atoms with Crippen molar-refractivity contribution < 1.29 is 4.79 Å². The highest BCUT2D eigenvalue weighted by molar-refractivity contribution is 5.75. The van der Waals surface area contributed by atoms with Crippen LogP contribution >= 0.6 is 0 Å². The van der Waals surface area contributed by atoms with Crippen LogP contribution in [0.5, 0.6) is 0 Å². The van der Waals surface area contributed by atoms with Crippen LogP contribution in [0.4, 0.5) is 0 Å². The summed E-state index contributed by atoms with van der Waals surface area (Å²) < 4.78 is 0. The summed E-state index contributed by atoms with van der Waals surface area (Å²) in [5.41, 5.74) is 8.06. The van der Waals surface area contributed by atoms with E-state index in [0.29, 0.717) is 18.9 Å². The van der Waals surface area contributed by atoms with Gasteiger partial charge in [-0.2, -0.15) is 0 Å². The number of nitrogens with two attached hydrogens (primary N) is 1. The van der Waals surface area contributed by atoms with Gasteiger partial charge in [0.05, 0.1) is 0 Å². The molecule has 21 heavy (non-hydrogen) atoms. The quantitative estimate of drug-likeness (QED) is 0.751. The second kappa shape index (κ2) is 8.15. The molecule has 2 rings (SSSR count). The molecule has 1 aromatic rings. The molecular formula is C17H27N3O. The van der Waals surface area contributed by atoms with E-state index in [9.17, 15) is 4.79 Å². The van der Waals surface area contributed by atoms with Gasteiger partial charge < -0.3 is 16.4 Å². The molecule has 116 valence electrons. The Hall–Kier alpha value is -1.39. The summed E-state index contributed by atoms with van der Waals surface area (Å²) in [6, 6.07) is 8.18. The summed E-state index contributed by atoms with van der Waals surface area (Å²) in [6.45, 7) is 4.76. The zero-order chi connectivity index (χ0) is 15.1. The number of hydrogen-bond acceptors (Lipinski definition) is 3. The molecule has 0 spiro atoms. The van der Waals surface area contributed by atoms with Gasteiger partial charge in [0.1, 0.15) is 0 Å². The lowest BCUT2D eigenvalue weighted by Gasteiger charge is -2.22. The fourth-order valence-electron chi connectivity index (χ4n) is 2.73. The predicted octanol–water partition coefficient (Wildman–Crippen LogP) is 2.10. The lowest BCUT2D eigenvalue weighted by molar-refractivity contribution is -0.121. The highest BCUT2D eigenvalue weighted by atomic mass is 16.1. The predicted molar refractivity (Wildman–Crippen MR) is 85.7 cm³/mol. The molecule has 1 saturated heterocycles. The van der Waals surface area contributed by atoms with Crippen LogP contribution in [0.25, 0.3) is 0 Å². The lowest BCUT2D eigenvalue weighted by Crippen LogP contribution is -2.29. The van der Waals surface area contributed by atoms with E-state index in [2.05, 4.69) is 10.6 Å². The summed E-state index contributed by atoms with van der Waals surface area (Å²) in [7, 11) is 0. The minimum absolute atomic E-state index is 0.0543. The fraction of sp³-hybridized carbons (Fsp3) is 0.588. The molecule has 4 heteroatoms. The third-order valence-electron chi connectivity index (χ3n) is 4.23. The first-order chi connectivity index (χ1) is 10.1. The summed E-state index contributed by atoms with van der Waals surface area (Å²) in [5, 5.41) is 6.35. The van der Waals surface area contributed by atoms with Gasteiger partial charge in [-0.3, -0.25) is 4.79 Å². The summed E-state index contributed by atoms with van der Waals surface area (Å²) >= 11 is 0. The number of carbonyl (C=O) groups excluding carboxylic acids is 1.